The molecule has 0 aliphatic rings. The van der Waals surface area contributed by atoms with Crippen LogP contribution in [0.2, 0.25) is 0 Å². The van der Waals surface area contributed by atoms with Crippen LogP contribution >= 0.6 is 0 Å². The summed E-state index contributed by atoms with van der Waals surface area (Å²) in [6.07, 6.45) is 0.986. The van der Waals surface area contributed by atoms with Crippen molar-refractivity contribution in [2.45, 2.75) is 71.0 Å². The largest absolute Gasteiger partial charge is 0.497 e. The van der Waals surface area contributed by atoms with Crippen LogP contribution in [0.3, 0.4) is 0 Å². The Bertz CT molecular complexity index is 1580. The zero-order valence-electron chi connectivity index (χ0n) is 25.9. The molecule has 3 rings (SSSR count). The van der Waals surface area contributed by atoms with Gasteiger partial charge in [0.15, 0.2) is 0 Å². The van der Waals surface area contributed by atoms with E-state index in [1.807, 2.05) is 45.0 Å². The number of rotatable bonds is 14. The molecule has 0 bridgehead atoms. The summed E-state index contributed by atoms with van der Waals surface area (Å²) in [7, 11) is -3.02. The molecule has 0 fully saturated rings. The van der Waals surface area contributed by atoms with Crippen molar-refractivity contribution in [3.8, 4) is 5.75 Å². The fourth-order valence-corrected chi connectivity index (χ4v) is 6.04. The van der Waals surface area contributed by atoms with Gasteiger partial charge in [-0.15, -0.1) is 0 Å². The van der Waals surface area contributed by atoms with E-state index in [0.717, 1.165) is 21.5 Å². The normalized spacial score (nSPS) is 12.6. The minimum Gasteiger partial charge on any atom is -0.497 e. The van der Waals surface area contributed by atoms with Crippen LogP contribution in [-0.2, 0) is 26.2 Å². The van der Waals surface area contributed by atoms with Crippen LogP contribution in [0.5, 0.6) is 5.75 Å². The number of hydrogen-bond acceptors (Lipinski definition) is 7. The van der Waals surface area contributed by atoms with E-state index in [-0.39, 0.29) is 34.8 Å². The topological polar surface area (TPSA) is 139 Å². The Labute approximate surface area is 259 Å². The van der Waals surface area contributed by atoms with E-state index >= 15 is 0 Å². The van der Waals surface area contributed by atoms with Gasteiger partial charge in [0, 0.05) is 24.2 Å². The number of hydrogen-bond donors (Lipinski definition) is 1. The highest BCUT2D eigenvalue weighted by atomic mass is 32.2. The minimum atomic E-state index is -4.49. The Morgan fingerprint density at radius 2 is 1.61 bits per heavy atom. The van der Waals surface area contributed by atoms with Gasteiger partial charge in [0.25, 0.3) is 15.7 Å². The first-order valence-corrected chi connectivity index (χ1v) is 15.8. The molecule has 0 aliphatic carbocycles. The molecule has 0 aliphatic heterocycles. The van der Waals surface area contributed by atoms with Crippen molar-refractivity contribution in [2.24, 2.45) is 0 Å². The lowest BCUT2D eigenvalue weighted by Crippen LogP contribution is -2.53. The molecule has 44 heavy (non-hydrogen) atoms. The second-order valence-corrected chi connectivity index (χ2v) is 12.5. The Balaban J connectivity index is 2.11. The van der Waals surface area contributed by atoms with Crippen LogP contribution in [0.1, 0.15) is 50.3 Å². The molecule has 0 heterocycles. The SMILES string of the molecule is CC[C@H](C)NC(=O)[C@H](CC)N(Cc1ccc(C)cc1)C(=O)CN(c1ccc(OC)cc1)S(=O)(=O)c1ccc(C)c([N+](=O)[O-])c1. The number of nitrogens with zero attached hydrogens (tertiary/aromatic N) is 3. The number of aryl methyl sites for hydroxylation is 2. The first-order chi connectivity index (χ1) is 20.8. The van der Waals surface area contributed by atoms with Gasteiger partial charge in [0.05, 0.1) is 22.6 Å². The lowest BCUT2D eigenvalue weighted by molar-refractivity contribution is -0.385. The minimum absolute atomic E-state index is 0.0675. The number of carbonyl (C=O) groups excluding carboxylic acids is 2. The molecule has 0 spiro atoms. The number of amides is 2. The van der Waals surface area contributed by atoms with Gasteiger partial charge in [0.2, 0.25) is 11.8 Å². The molecule has 11 nitrogen and oxygen atoms in total. The molecule has 3 aromatic rings. The number of sulfonamides is 1. The van der Waals surface area contributed by atoms with E-state index < -0.39 is 33.4 Å². The van der Waals surface area contributed by atoms with E-state index in [1.54, 1.807) is 19.1 Å². The zero-order chi connectivity index (χ0) is 32.6. The summed E-state index contributed by atoms with van der Waals surface area (Å²) in [5.74, 6) is -0.481. The van der Waals surface area contributed by atoms with Gasteiger partial charge in [-0.1, -0.05) is 49.7 Å². The first kappa shape index (κ1) is 34.0. The van der Waals surface area contributed by atoms with E-state index in [9.17, 15) is 28.1 Å². The number of nitrogens with one attached hydrogen (secondary N) is 1. The fraction of sp³-hybridized carbons (Fsp3) is 0.375. The van der Waals surface area contributed by atoms with Gasteiger partial charge in [-0.25, -0.2) is 8.42 Å². The molecular formula is C32H40N4O7S. The molecule has 0 saturated heterocycles. The monoisotopic (exact) mass is 624 g/mol. The summed E-state index contributed by atoms with van der Waals surface area (Å²) in [5, 5.41) is 14.6. The smallest absolute Gasteiger partial charge is 0.273 e. The number of anilines is 1. The van der Waals surface area contributed by atoms with Gasteiger partial charge in [-0.05, 0) is 69.5 Å². The van der Waals surface area contributed by atoms with E-state index in [2.05, 4.69) is 5.32 Å². The average Bonchev–Trinajstić information content (AvgIpc) is 3.00. The third-order valence-electron chi connectivity index (χ3n) is 7.47. The van der Waals surface area contributed by atoms with Crippen molar-refractivity contribution in [3.05, 3.63) is 93.5 Å². The Morgan fingerprint density at radius 1 is 0.977 bits per heavy atom. The predicted molar refractivity (Wildman–Crippen MR) is 169 cm³/mol. The predicted octanol–water partition coefficient (Wildman–Crippen LogP) is 5.14. The number of carbonyl (C=O) groups is 2. The van der Waals surface area contributed by atoms with Gasteiger partial charge in [-0.2, -0.15) is 0 Å². The first-order valence-electron chi connectivity index (χ1n) is 14.4. The van der Waals surface area contributed by atoms with Crippen LogP contribution in [0.25, 0.3) is 0 Å². The maximum Gasteiger partial charge on any atom is 0.273 e. The van der Waals surface area contributed by atoms with Crippen molar-refractivity contribution in [2.75, 3.05) is 18.0 Å². The lowest BCUT2D eigenvalue weighted by atomic mass is 10.1. The number of nitro groups is 1. The highest BCUT2D eigenvalue weighted by molar-refractivity contribution is 7.92. The van der Waals surface area contributed by atoms with E-state index in [0.29, 0.717) is 24.2 Å². The standard InChI is InChI=1S/C32H40N4O7S/c1-7-24(5)33-32(38)29(8-2)34(20-25-12-9-22(3)10-13-25)31(37)21-35(26-14-16-27(43-6)17-15-26)44(41,42)28-18-11-23(4)30(19-28)36(39)40/h9-19,24,29H,7-8,20-21H2,1-6H3,(H,33,38)/t24-,29-/m0/s1. The molecule has 0 radical (unpaired) electrons. The maximum absolute atomic E-state index is 14.2. The van der Waals surface area contributed by atoms with Gasteiger partial charge >= 0.3 is 0 Å². The number of ether oxygens (including phenoxy) is 1. The second-order valence-electron chi connectivity index (χ2n) is 10.7. The quantitative estimate of drug-likeness (QED) is 0.194. The molecular weight excluding hydrogens is 584 g/mol. The highest BCUT2D eigenvalue weighted by Gasteiger charge is 2.34. The van der Waals surface area contributed by atoms with Crippen LogP contribution in [0.15, 0.2) is 71.6 Å². The van der Waals surface area contributed by atoms with Crippen molar-refractivity contribution in [3.63, 3.8) is 0 Å². The van der Waals surface area contributed by atoms with E-state index in [4.69, 9.17) is 4.74 Å². The van der Waals surface area contributed by atoms with Crippen molar-refractivity contribution >= 4 is 33.2 Å². The number of nitro benzene ring substituents is 1. The molecule has 2 amide bonds. The van der Waals surface area contributed by atoms with Crippen LogP contribution in [0.4, 0.5) is 11.4 Å². The van der Waals surface area contributed by atoms with Gasteiger partial charge < -0.3 is 15.0 Å². The molecule has 2 atom stereocenters. The number of benzene rings is 3. The molecule has 0 aromatic heterocycles. The summed E-state index contributed by atoms with van der Waals surface area (Å²) >= 11 is 0. The highest BCUT2D eigenvalue weighted by Crippen LogP contribution is 2.29. The third kappa shape index (κ3) is 8.13. The second kappa shape index (κ2) is 14.8. The molecule has 236 valence electrons. The van der Waals surface area contributed by atoms with Crippen LogP contribution < -0.4 is 14.4 Å². The lowest BCUT2D eigenvalue weighted by Gasteiger charge is -2.33. The summed E-state index contributed by atoms with van der Waals surface area (Å²) in [5.41, 5.74) is 1.88. The Hall–Kier alpha value is -4.45. The summed E-state index contributed by atoms with van der Waals surface area (Å²) < 4.78 is 34.3. The molecule has 0 saturated carbocycles. The van der Waals surface area contributed by atoms with Crippen LogP contribution in [-0.4, -0.2) is 55.8 Å². The molecule has 3 aromatic carbocycles. The third-order valence-corrected chi connectivity index (χ3v) is 9.23. The number of methoxy groups -OCH3 is 1. The Kier molecular flexibility index (Phi) is 11.5. The summed E-state index contributed by atoms with van der Waals surface area (Å²) in [4.78, 5) is 39.6. The van der Waals surface area contributed by atoms with Crippen molar-refractivity contribution < 1.29 is 27.7 Å². The van der Waals surface area contributed by atoms with Crippen molar-refractivity contribution in [1.82, 2.24) is 10.2 Å². The van der Waals surface area contributed by atoms with Gasteiger partial charge in [0.1, 0.15) is 18.3 Å². The van der Waals surface area contributed by atoms with E-state index in [1.165, 1.54) is 43.2 Å². The fourth-order valence-electron chi connectivity index (χ4n) is 4.60. The molecule has 1 N–H and O–H groups in total. The maximum atomic E-state index is 14.2. The van der Waals surface area contributed by atoms with Crippen LogP contribution in [0, 0.1) is 24.0 Å². The molecule has 12 heteroatoms. The van der Waals surface area contributed by atoms with Crippen molar-refractivity contribution in [1.29, 1.82) is 0 Å². The zero-order valence-corrected chi connectivity index (χ0v) is 26.8. The Morgan fingerprint density at radius 3 is 2.16 bits per heavy atom. The average molecular weight is 625 g/mol. The van der Waals surface area contributed by atoms with Gasteiger partial charge in [-0.3, -0.25) is 24.0 Å². The molecule has 0 unspecified atom stereocenters. The summed E-state index contributed by atoms with van der Waals surface area (Å²) in [6, 6.07) is 16.2. The summed E-state index contributed by atoms with van der Waals surface area (Å²) in [6.45, 7) is 8.46.